The number of primary amides is 1. The Bertz CT molecular complexity index is 1040. The van der Waals surface area contributed by atoms with E-state index >= 15 is 0 Å². The number of hydrogen-bond acceptors (Lipinski definition) is 7. The molecule has 3 N–H and O–H groups in total. The predicted octanol–water partition coefficient (Wildman–Crippen LogP) is 3.27. The highest BCUT2D eigenvalue weighted by molar-refractivity contribution is 7.20. The van der Waals surface area contributed by atoms with Gasteiger partial charge in [-0.1, -0.05) is 60.5 Å². The van der Waals surface area contributed by atoms with Crippen molar-refractivity contribution in [3.8, 4) is 0 Å². The molecule has 1 aromatic heterocycles. The van der Waals surface area contributed by atoms with E-state index in [2.05, 4.69) is 5.48 Å². The second kappa shape index (κ2) is 7.23. The van der Waals surface area contributed by atoms with E-state index in [1.165, 1.54) is 16.4 Å². The van der Waals surface area contributed by atoms with E-state index in [9.17, 15) is 9.59 Å². The molecule has 2 atom stereocenters. The molecule has 2 aromatic carbocycles. The Hall–Kier alpha value is -2.78. The van der Waals surface area contributed by atoms with Crippen molar-refractivity contribution < 1.29 is 19.3 Å². The molecule has 0 aliphatic carbocycles. The average molecular weight is 411 g/mol. The van der Waals surface area contributed by atoms with Crippen molar-refractivity contribution in [1.82, 2.24) is 10.5 Å². The molecule has 1 fully saturated rings. The fraction of sp³-hybridized carbons (Fsp3) is 0.238. The highest BCUT2D eigenvalue weighted by Crippen LogP contribution is 2.41. The molecule has 1 amide bonds. The number of benzene rings is 2. The summed E-state index contributed by atoms with van der Waals surface area (Å²) in [6.45, 7) is 3.59. The van der Waals surface area contributed by atoms with Gasteiger partial charge in [-0.3, -0.25) is 9.63 Å². The van der Waals surface area contributed by atoms with Crippen molar-refractivity contribution in [1.29, 1.82) is 0 Å². The lowest BCUT2D eigenvalue weighted by atomic mass is 9.97. The second-order valence-corrected chi connectivity index (χ2v) is 8.08. The number of nitrogens with two attached hydrogens (primary N) is 1. The van der Waals surface area contributed by atoms with Gasteiger partial charge in [-0.15, -0.1) is 11.3 Å². The Morgan fingerprint density at radius 1 is 1.17 bits per heavy atom. The maximum Gasteiger partial charge on any atom is 0.367 e. The third-order valence-electron chi connectivity index (χ3n) is 5.16. The van der Waals surface area contributed by atoms with Gasteiger partial charge in [0.15, 0.2) is 5.72 Å². The molecule has 0 radical (unpaired) electrons. The minimum atomic E-state index is -1.65. The summed E-state index contributed by atoms with van der Waals surface area (Å²) in [5, 5.41) is 2.19. The lowest BCUT2D eigenvalue weighted by Gasteiger charge is -2.37. The highest BCUT2D eigenvalue weighted by atomic mass is 32.1. The van der Waals surface area contributed by atoms with Crippen LogP contribution in [0.5, 0.6) is 0 Å². The van der Waals surface area contributed by atoms with Gasteiger partial charge in [-0.05, 0) is 30.9 Å². The van der Waals surface area contributed by atoms with Gasteiger partial charge in [0.1, 0.15) is 4.88 Å². The Kier molecular flexibility index (Phi) is 4.87. The molecule has 29 heavy (non-hydrogen) atoms. The number of carbonyl (C=O) groups excluding carboxylic acids is 2. The van der Waals surface area contributed by atoms with E-state index in [0.717, 1.165) is 10.1 Å². The first-order valence-electron chi connectivity index (χ1n) is 9.22. The summed E-state index contributed by atoms with van der Waals surface area (Å²) >= 11 is 1.32. The first-order chi connectivity index (χ1) is 13.9. The minimum Gasteiger partial charge on any atom is -0.366 e. The molecule has 4 rings (SSSR count). The van der Waals surface area contributed by atoms with E-state index in [4.69, 9.17) is 15.4 Å². The number of rotatable bonds is 5. The SMILES string of the molecule is CCC1(C)ONC(C(N)=O)(c2ccccc2)N1OC(=O)c1cc2ccccc2s1. The summed E-state index contributed by atoms with van der Waals surface area (Å²) in [4.78, 5) is 37.6. The zero-order valence-electron chi connectivity index (χ0n) is 16.0. The Morgan fingerprint density at radius 3 is 2.52 bits per heavy atom. The number of nitrogens with one attached hydrogen (secondary N) is 1. The summed E-state index contributed by atoms with van der Waals surface area (Å²) in [7, 11) is 0. The van der Waals surface area contributed by atoms with Crippen molar-refractivity contribution in [2.75, 3.05) is 0 Å². The molecule has 3 aromatic rings. The number of fused-ring (bicyclic) bond motifs is 1. The molecule has 0 spiro atoms. The molecule has 1 saturated heterocycles. The molecule has 1 aliphatic heterocycles. The number of carbonyl (C=O) groups is 2. The molecule has 2 unspecified atom stereocenters. The van der Waals surface area contributed by atoms with Crippen molar-refractivity contribution in [3.63, 3.8) is 0 Å². The van der Waals surface area contributed by atoms with E-state index in [1.807, 2.05) is 37.3 Å². The van der Waals surface area contributed by atoms with Crippen molar-refractivity contribution in [2.24, 2.45) is 5.73 Å². The molecule has 7 nitrogen and oxygen atoms in total. The highest BCUT2D eigenvalue weighted by Gasteiger charge is 2.61. The third-order valence-corrected chi connectivity index (χ3v) is 6.25. The standard InChI is InChI=1S/C21H21N3O4S/c1-3-20(2)24(21(19(22)26,23-28-20)15-10-5-4-6-11-15)27-18(25)17-13-14-9-7-8-12-16(14)29-17/h4-13,23H,3H2,1-2H3,(H2,22,26). The molecule has 0 bridgehead atoms. The van der Waals surface area contributed by atoms with Gasteiger partial charge in [-0.25, -0.2) is 4.79 Å². The van der Waals surface area contributed by atoms with Crippen LogP contribution in [-0.4, -0.2) is 22.7 Å². The average Bonchev–Trinajstić information content (AvgIpc) is 3.29. The number of nitrogens with zero attached hydrogens (tertiary/aromatic N) is 1. The molecular weight excluding hydrogens is 390 g/mol. The predicted molar refractivity (Wildman–Crippen MR) is 109 cm³/mol. The first-order valence-corrected chi connectivity index (χ1v) is 10.0. The van der Waals surface area contributed by atoms with E-state index in [0.29, 0.717) is 16.9 Å². The quantitative estimate of drug-likeness (QED) is 0.669. The van der Waals surface area contributed by atoms with Crippen LogP contribution in [0.25, 0.3) is 10.1 Å². The number of hydrogen-bond donors (Lipinski definition) is 2. The monoisotopic (exact) mass is 411 g/mol. The minimum absolute atomic E-state index is 0.419. The normalized spacial score (nSPS) is 24.6. The van der Waals surface area contributed by atoms with Crippen molar-refractivity contribution in [3.05, 3.63) is 71.1 Å². The number of hydroxylamine groups is 3. The molecular formula is C21H21N3O4S. The summed E-state index contributed by atoms with van der Waals surface area (Å²) in [5.41, 5.74) is 6.29. The van der Waals surface area contributed by atoms with Crippen LogP contribution in [0.2, 0.25) is 0 Å². The summed E-state index contributed by atoms with van der Waals surface area (Å²) in [6, 6.07) is 18.3. The lowest BCUT2D eigenvalue weighted by Crippen LogP contribution is -2.61. The number of amides is 1. The fourth-order valence-corrected chi connectivity index (χ4v) is 4.30. The first kappa shape index (κ1) is 19.5. The second-order valence-electron chi connectivity index (χ2n) is 6.99. The topological polar surface area (TPSA) is 93.9 Å². The lowest BCUT2D eigenvalue weighted by molar-refractivity contribution is -0.246. The van der Waals surface area contributed by atoms with Crippen LogP contribution in [-0.2, 0) is 20.1 Å². The van der Waals surface area contributed by atoms with Crippen LogP contribution in [0.15, 0.2) is 60.7 Å². The zero-order chi connectivity index (χ0) is 20.6. The van der Waals surface area contributed by atoms with Crippen molar-refractivity contribution in [2.45, 2.75) is 31.7 Å². The van der Waals surface area contributed by atoms with Crippen molar-refractivity contribution >= 4 is 33.3 Å². The number of thiophene rings is 1. The Morgan fingerprint density at radius 2 is 1.86 bits per heavy atom. The van der Waals surface area contributed by atoms with E-state index in [1.54, 1.807) is 37.3 Å². The fourth-order valence-electron chi connectivity index (χ4n) is 3.36. The van der Waals surface area contributed by atoms with Gasteiger partial charge >= 0.3 is 5.97 Å². The van der Waals surface area contributed by atoms with Gasteiger partial charge < -0.3 is 10.6 Å². The summed E-state index contributed by atoms with van der Waals surface area (Å²) < 4.78 is 0.970. The Labute approximate surface area is 171 Å². The van der Waals surface area contributed by atoms with E-state index < -0.39 is 23.3 Å². The molecule has 2 heterocycles. The zero-order valence-corrected chi connectivity index (χ0v) is 16.9. The molecule has 1 aliphatic rings. The Balaban J connectivity index is 1.76. The smallest absolute Gasteiger partial charge is 0.366 e. The van der Waals surface area contributed by atoms with Gasteiger partial charge in [0.05, 0.1) is 0 Å². The van der Waals surface area contributed by atoms with Crippen LogP contribution in [0, 0.1) is 0 Å². The van der Waals surface area contributed by atoms with Crippen LogP contribution in [0.3, 0.4) is 0 Å². The van der Waals surface area contributed by atoms with Gasteiger partial charge in [0, 0.05) is 10.3 Å². The van der Waals surface area contributed by atoms with Crippen LogP contribution < -0.4 is 11.2 Å². The largest absolute Gasteiger partial charge is 0.367 e. The molecule has 0 saturated carbocycles. The summed E-state index contributed by atoms with van der Waals surface area (Å²) in [5.74, 6) is -1.33. The van der Waals surface area contributed by atoms with Gasteiger partial charge in [0.2, 0.25) is 5.66 Å². The maximum absolute atomic E-state index is 13.0. The van der Waals surface area contributed by atoms with Crippen LogP contribution in [0.4, 0.5) is 0 Å². The summed E-state index contributed by atoms with van der Waals surface area (Å²) in [6.07, 6.45) is 0.432. The van der Waals surface area contributed by atoms with Gasteiger partial charge in [0.25, 0.3) is 5.91 Å². The van der Waals surface area contributed by atoms with E-state index in [-0.39, 0.29) is 0 Å². The third kappa shape index (κ3) is 3.10. The van der Waals surface area contributed by atoms with Gasteiger partial charge in [-0.2, -0.15) is 5.48 Å². The van der Waals surface area contributed by atoms with Crippen LogP contribution >= 0.6 is 11.3 Å². The maximum atomic E-state index is 13.0. The van der Waals surface area contributed by atoms with Crippen LogP contribution in [0.1, 0.15) is 35.5 Å². The molecule has 150 valence electrons. The molecule has 8 heteroatoms.